The number of benzene rings is 1. The summed E-state index contributed by atoms with van der Waals surface area (Å²) in [5.41, 5.74) is 3.09. The zero-order valence-corrected chi connectivity index (χ0v) is 19.2. The number of hydrogen-bond donors (Lipinski definition) is 1. The number of likely N-dealkylation sites (tertiary alicyclic amines) is 1. The number of piperidine rings is 1. The minimum Gasteiger partial charge on any atom is -0.494 e. The summed E-state index contributed by atoms with van der Waals surface area (Å²) in [6.45, 7) is 6.92. The first-order valence-electron chi connectivity index (χ1n) is 11.7. The predicted molar refractivity (Wildman–Crippen MR) is 120 cm³/mol. The molecule has 6 nitrogen and oxygen atoms in total. The molecule has 1 spiro atoms. The first kappa shape index (κ1) is 22.8. The highest BCUT2D eigenvalue weighted by molar-refractivity contribution is 5.76. The molecule has 2 aromatic rings. The van der Waals surface area contributed by atoms with Crippen LogP contribution in [-0.2, 0) is 16.0 Å². The van der Waals surface area contributed by atoms with Crippen LogP contribution in [0.5, 0.6) is 5.75 Å². The number of aromatic amines is 1. The second-order valence-electron chi connectivity index (χ2n) is 9.27. The third-order valence-corrected chi connectivity index (χ3v) is 7.10. The molecule has 174 valence electrons. The Bertz CT molecular complexity index is 884. The number of nitrogens with zero attached hydrogens (tertiary/aromatic N) is 2. The van der Waals surface area contributed by atoms with E-state index < -0.39 is 0 Å². The average molecular weight is 444 g/mol. The molecule has 1 amide bonds. The van der Waals surface area contributed by atoms with Gasteiger partial charge in [-0.1, -0.05) is 0 Å². The third-order valence-electron chi connectivity index (χ3n) is 7.10. The quantitative estimate of drug-likeness (QED) is 0.691. The van der Waals surface area contributed by atoms with Crippen LogP contribution in [0.1, 0.15) is 55.5 Å². The summed E-state index contributed by atoms with van der Waals surface area (Å²) < 4.78 is 25.1. The van der Waals surface area contributed by atoms with Gasteiger partial charge in [0.1, 0.15) is 11.6 Å². The minimum atomic E-state index is -0.250. The van der Waals surface area contributed by atoms with Crippen molar-refractivity contribution in [1.82, 2.24) is 15.1 Å². The minimum absolute atomic E-state index is 0.104. The number of nitrogens with one attached hydrogen (secondary N) is 1. The Morgan fingerprint density at radius 1 is 1.28 bits per heavy atom. The third kappa shape index (κ3) is 5.49. The Morgan fingerprint density at radius 2 is 2.03 bits per heavy atom. The summed E-state index contributed by atoms with van der Waals surface area (Å²) in [6, 6.07) is 6.18. The maximum Gasteiger partial charge on any atom is 0.222 e. The van der Waals surface area contributed by atoms with Crippen LogP contribution in [0.4, 0.5) is 4.39 Å². The highest BCUT2D eigenvalue weighted by Gasteiger charge is 2.40. The van der Waals surface area contributed by atoms with Crippen LogP contribution in [0.3, 0.4) is 0 Å². The fraction of sp³-hybridized carbons (Fsp3) is 0.600. The Morgan fingerprint density at radius 3 is 2.72 bits per heavy atom. The van der Waals surface area contributed by atoms with Crippen molar-refractivity contribution in [3.8, 4) is 5.75 Å². The molecule has 7 heteroatoms. The fourth-order valence-electron chi connectivity index (χ4n) is 5.09. The SMILES string of the molecule is Cc1n[nH]c(C)c1CCC(=O)N1CCC2(CC1)CC(CCOc1ccc(F)cc1)CCO2. The molecule has 3 heterocycles. The molecule has 2 fully saturated rings. The second-order valence-corrected chi connectivity index (χ2v) is 9.27. The van der Waals surface area contributed by atoms with Gasteiger partial charge in [0.15, 0.2) is 0 Å². The second kappa shape index (κ2) is 10.0. The van der Waals surface area contributed by atoms with E-state index in [4.69, 9.17) is 9.47 Å². The van der Waals surface area contributed by atoms with Crippen molar-refractivity contribution in [2.45, 2.75) is 64.4 Å². The van der Waals surface area contributed by atoms with Crippen molar-refractivity contribution < 1.29 is 18.7 Å². The standard InChI is InChI=1S/C25H34FN3O3/c1-18-23(19(2)28-27-18)7-8-24(30)29-13-11-25(12-14-29)17-20(10-16-32-25)9-15-31-22-5-3-21(26)4-6-22/h3-6,20H,7-17H2,1-2H3,(H,27,28). The molecule has 0 bridgehead atoms. The summed E-state index contributed by atoms with van der Waals surface area (Å²) in [5.74, 6) is 1.24. The number of carbonyl (C=O) groups excluding carboxylic acids is 1. The molecule has 0 saturated carbocycles. The van der Waals surface area contributed by atoms with Gasteiger partial charge in [-0.3, -0.25) is 9.89 Å². The normalized spacial score (nSPS) is 20.5. The lowest BCUT2D eigenvalue weighted by molar-refractivity contribution is -0.147. The molecule has 2 aliphatic rings. The van der Waals surface area contributed by atoms with E-state index in [-0.39, 0.29) is 17.3 Å². The maximum atomic E-state index is 13.0. The van der Waals surface area contributed by atoms with Gasteiger partial charge in [0.25, 0.3) is 0 Å². The van der Waals surface area contributed by atoms with Gasteiger partial charge in [-0.15, -0.1) is 0 Å². The van der Waals surface area contributed by atoms with Gasteiger partial charge in [0.05, 0.1) is 17.9 Å². The molecule has 2 aliphatic heterocycles. The average Bonchev–Trinajstić information content (AvgIpc) is 3.11. The van der Waals surface area contributed by atoms with Crippen LogP contribution < -0.4 is 4.74 Å². The lowest BCUT2D eigenvalue weighted by atomic mass is 9.78. The lowest BCUT2D eigenvalue weighted by Gasteiger charge is -2.46. The summed E-state index contributed by atoms with van der Waals surface area (Å²) >= 11 is 0. The van der Waals surface area contributed by atoms with E-state index in [1.165, 1.54) is 12.1 Å². The van der Waals surface area contributed by atoms with Gasteiger partial charge in [-0.2, -0.15) is 5.10 Å². The molecule has 0 aliphatic carbocycles. The molecule has 32 heavy (non-hydrogen) atoms. The monoisotopic (exact) mass is 443 g/mol. The zero-order chi connectivity index (χ0) is 22.6. The molecule has 1 unspecified atom stereocenters. The van der Waals surface area contributed by atoms with E-state index in [1.807, 2.05) is 18.7 Å². The van der Waals surface area contributed by atoms with E-state index in [1.54, 1.807) is 12.1 Å². The fourth-order valence-corrected chi connectivity index (χ4v) is 5.09. The van der Waals surface area contributed by atoms with E-state index in [0.29, 0.717) is 24.7 Å². The Labute approximate surface area is 189 Å². The van der Waals surface area contributed by atoms with Crippen molar-refractivity contribution in [3.63, 3.8) is 0 Å². The number of amides is 1. The number of aromatic nitrogens is 2. The van der Waals surface area contributed by atoms with Crippen molar-refractivity contribution >= 4 is 5.91 Å². The summed E-state index contributed by atoms with van der Waals surface area (Å²) in [4.78, 5) is 14.8. The number of halogens is 1. The van der Waals surface area contributed by atoms with E-state index in [2.05, 4.69) is 10.2 Å². The van der Waals surface area contributed by atoms with Gasteiger partial charge in [-0.05, 0) is 88.1 Å². The maximum absolute atomic E-state index is 13.0. The molecule has 1 aromatic heterocycles. The molecule has 2 saturated heterocycles. The smallest absolute Gasteiger partial charge is 0.222 e. The number of hydrogen-bond acceptors (Lipinski definition) is 4. The number of H-pyrrole nitrogens is 1. The molecule has 1 aromatic carbocycles. The molecular formula is C25H34FN3O3. The van der Waals surface area contributed by atoms with Gasteiger partial charge in [0, 0.05) is 31.8 Å². The van der Waals surface area contributed by atoms with Crippen molar-refractivity contribution in [2.75, 3.05) is 26.3 Å². The van der Waals surface area contributed by atoms with Crippen molar-refractivity contribution in [3.05, 3.63) is 47.0 Å². The van der Waals surface area contributed by atoms with Crippen molar-refractivity contribution in [2.24, 2.45) is 5.92 Å². The predicted octanol–water partition coefficient (Wildman–Crippen LogP) is 4.36. The van der Waals surface area contributed by atoms with E-state index >= 15 is 0 Å². The summed E-state index contributed by atoms with van der Waals surface area (Å²) in [7, 11) is 0. The highest BCUT2D eigenvalue weighted by Crippen LogP contribution is 2.39. The van der Waals surface area contributed by atoms with Crippen LogP contribution in [-0.4, -0.2) is 52.9 Å². The largest absolute Gasteiger partial charge is 0.494 e. The zero-order valence-electron chi connectivity index (χ0n) is 19.2. The Kier molecular flexibility index (Phi) is 7.13. The Hall–Kier alpha value is -2.41. The van der Waals surface area contributed by atoms with Gasteiger partial charge >= 0.3 is 0 Å². The van der Waals surface area contributed by atoms with Gasteiger partial charge < -0.3 is 14.4 Å². The highest BCUT2D eigenvalue weighted by atomic mass is 19.1. The van der Waals surface area contributed by atoms with Crippen molar-refractivity contribution in [1.29, 1.82) is 0 Å². The molecule has 4 rings (SSSR count). The van der Waals surface area contributed by atoms with Gasteiger partial charge in [-0.25, -0.2) is 4.39 Å². The van der Waals surface area contributed by atoms with Crippen LogP contribution in [0.25, 0.3) is 0 Å². The van der Waals surface area contributed by atoms with Crippen LogP contribution >= 0.6 is 0 Å². The lowest BCUT2D eigenvalue weighted by Crippen LogP contribution is -2.51. The number of aryl methyl sites for hydroxylation is 2. The summed E-state index contributed by atoms with van der Waals surface area (Å²) in [5, 5.41) is 7.22. The van der Waals surface area contributed by atoms with Gasteiger partial charge in [0.2, 0.25) is 5.91 Å². The van der Waals surface area contributed by atoms with E-state index in [0.717, 1.165) is 75.2 Å². The van der Waals surface area contributed by atoms with Crippen LogP contribution in [0.15, 0.2) is 24.3 Å². The molecule has 1 N–H and O–H groups in total. The number of ether oxygens (including phenoxy) is 2. The first-order chi connectivity index (χ1) is 15.4. The topological polar surface area (TPSA) is 67.5 Å². The molecule has 0 radical (unpaired) electrons. The first-order valence-corrected chi connectivity index (χ1v) is 11.7. The molecular weight excluding hydrogens is 409 g/mol. The van der Waals surface area contributed by atoms with Crippen LogP contribution in [0.2, 0.25) is 0 Å². The molecule has 1 atom stereocenters. The number of rotatable bonds is 7. The van der Waals surface area contributed by atoms with E-state index in [9.17, 15) is 9.18 Å². The Balaban J connectivity index is 1.21. The summed E-state index contributed by atoms with van der Waals surface area (Å²) in [6.07, 6.45) is 6.10. The van der Waals surface area contributed by atoms with Crippen LogP contribution in [0, 0.1) is 25.6 Å². The number of carbonyl (C=O) groups is 1.